The topological polar surface area (TPSA) is 48.7 Å². The predicted octanol–water partition coefficient (Wildman–Crippen LogP) is 1.83. The van der Waals surface area contributed by atoms with E-state index in [1.165, 1.54) is 12.3 Å². The Balaban J connectivity index is 2.37. The first-order chi connectivity index (χ1) is 6.27. The molecular formula is C9H8O4. The van der Waals surface area contributed by atoms with Gasteiger partial charge in [-0.2, -0.15) is 0 Å². The summed E-state index contributed by atoms with van der Waals surface area (Å²) >= 11 is 0. The highest BCUT2D eigenvalue weighted by atomic mass is 16.8. The van der Waals surface area contributed by atoms with Gasteiger partial charge in [-0.25, -0.2) is 4.79 Å². The fourth-order valence-electron chi connectivity index (χ4n) is 1.22. The van der Waals surface area contributed by atoms with Crippen LogP contribution in [-0.4, -0.2) is 12.8 Å². The van der Waals surface area contributed by atoms with Crippen molar-refractivity contribution in [2.24, 2.45) is 0 Å². The van der Waals surface area contributed by atoms with Gasteiger partial charge in [0.2, 0.25) is 5.60 Å². The lowest BCUT2D eigenvalue weighted by molar-refractivity contribution is 0.0741. The molecule has 2 heterocycles. The fraction of sp³-hybridized carbons (Fsp3) is 0.222. The van der Waals surface area contributed by atoms with Crippen molar-refractivity contribution in [2.75, 3.05) is 6.61 Å². The number of cyclic esters (lactones) is 2. The van der Waals surface area contributed by atoms with Crippen LogP contribution in [0.25, 0.3) is 0 Å². The van der Waals surface area contributed by atoms with Crippen LogP contribution in [0, 0.1) is 0 Å². The number of hydrogen-bond acceptors (Lipinski definition) is 4. The summed E-state index contributed by atoms with van der Waals surface area (Å²) in [6.07, 6.45) is 2.31. The maximum atomic E-state index is 10.8. The van der Waals surface area contributed by atoms with Crippen LogP contribution in [0.15, 0.2) is 35.5 Å². The summed E-state index contributed by atoms with van der Waals surface area (Å²) in [5.41, 5.74) is -0.944. The fourth-order valence-corrected chi connectivity index (χ4v) is 1.22. The normalized spacial score (nSPS) is 26.6. The third-order valence-electron chi connectivity index (χ3n) is 1.94. The molecule has 2 rings (SSSR count). The molecule has 1 unspecified atom stereocenters. The molecule has 0 saturated carbocycles. The molecule has 1 aliphatic rings. The maximum Gasteiger partial charge on any atom is 0.509 e. The molecule has 0 radical (unpaired) electrons. The Morgan fingerprint density at radius 1 is 1.62 bits per heavy atom. The third kappa shape index (κ3) is 1.11. The zero-order valence-corrected chi connectivity index (χ0v) is 6.86. The number of hydrogen-bond donors (Lipinski definition) is 0. The molecule has 0 bridgehead atoms. The van der Waals surface area contributed by atoms with E-state index in [9.17, 15) is 4.79 Å². The quantitative estimate of drug-likeness (QED) is 0.514. The molecule has 13 heavy (non-hydrogen) atoms. The van der Waals surface area contributed by atoms with Gasteiger partial charge in [0.15, 0.2) is 5.76 Å². The molecule has 0 aliphatic carbocycles. The maximum absolute atomic E-state index is 10.8. The lowest BCUT2D eigenvalue weighted by Crippen LogP contribution is -2.24. The van der Waals surface area contributed by atoms with Gasteiger partial charge in [-0.15, -0.1) is 0 Å². The van der Waals surface area contributed by atoms with Gasteiger partial charge in [0.05, 0.1) is 6.26 Å². The van der Waals surface area contributed by atoms with Gasteiger partial charge < -0.3 is 13.9 Å². The van der Waals surface area contributed by atoms with Gasteiger partial charge in [-0.1, -0.05) is 6.58 Å². The first kappa shape index (κ1) is 7.91. The number of carbonyl (C=O) groups is 1. The van der Waals surface area contributed by atoms with Crippen LogP contribution in [0.5, 0.6) is 0 Å². The molecule has 1 atom stereocenters. The van der Waals surface area contributed by atoms with Crippen molar-refractivity contribution < 1.29 is 18.7 Å². The summed E-state index contributed by atoms with van der Waals surface area (Å²) in [5, 5.41) is 0. The van der Waals surface area contributed by atoms with Crippen LogP contribution in [0.2, 0.25) is 0 Å². The second kappa shape index (κ2) is 2.65. The smallest absolute Gasteiger partial charge is 0.465 e. The monoisotopic (exact) mass is 180 g/mol. The van der Waals surface area contributed by atoms with Crippen molar-refractivity contribution >= 4 is 6.16 Å². The van der Waals surface area contributed by atoms with Crippen molar-refractivity contribution in [3.05, 3.63) is 36.8 Å². The van der Waals surface area contributed by atoms with E-state index in [0.29, 0.717) is 5.76 Å². The van der Waals surface area contributed by atoms with Crippen LogP contribution < -0.4 is 0 Å². The van der Waals surface area contributed by atoms with Crippen molar-refractivity contribution in [3.8, 4) is 0 Å². The van der Waals surface area contributed by atoms with Crippen LogP contribution in [0.4, 0.5) is 4.79 Å². The Labute approximate surface area is 74.7 Å². The number of carbonyl (C=O) groups excluding carboxylic acids is 1. The van der Waals surface area contributed by atoms with E-state index in [1.54, 1.807) is 12.1 Å². The minimum Gasteiger partial charge on any atom is -0.465 e. The minimum absolute atomic E-state index is 0.114. The van der Waals surface area contributed by atoms with Gasteiger partial charge in [0, 0.05) is 0 Å². The lowest BCUT2D eigenvalue weighted by Gasteiger charge is -2.16. The summed E-state index contributed by atoms with van der Waals surface area (Å²) in [6, 6.07) is 3.43. The number of ether oxygens (including phenoxy) is 2. The molecule has 4 nitrogen and oxygen atoms in total. The van der Waals surface area contributed by atoms with E-state index in [4.69, 9.17) is 13.9 Å². The van der Waals surface area contributed by atoms with Gasteiger partial charge in [0.1, 0.15) is 6.61 Å². The second-order valence-electron chi connectivity index (χ2n) is 2.71. The molecule has 1 aromatic rings. The van der Waals surface area contributed by atoms with Crippen LogP contribution in [-0.2, 0) is 15.1 Å². The summed E-state index contributed by atoms with van der Waals surface area (Å²) in [4.78, 5) is 10.8. The molecule has 1 fully saturated rings. The zero-order chi connectivity index (χ0) is 9.31. The Hall–Kier alpha value is -1.71. The van der Waals surface area contributed by atoms with Gasteiger partial charge in [-0.05, 0) is 18.2 Å². The Kier molecular flexibility index (Phi) is 1.62. The van der Waals surface area contributed by atoms with E-state index in [0.717, 1.165) is 0 Å². The molecular weight excluding hydrogens is 172 g/mol. The van der Waals surface area contributed by atoms with E-state index in [2.05, 4.69) is 6.58 Å². The molecule has 1 saturated heterocycles. The highest BCUT2D eigenvalue weighted by Gasteiger charge is 2.43. The molecule has 0 amide bonds. The van der Waals surface area contributed by atoms with Crippen molar-refractivity contribution in [2.45, 2.75) is 5.60 Å². The summed E-state index contributed by atoms with van der Waals surface area (Å²) in [5.74, 6) is 0.522. The molecule has 68 valence electrons. The summed E-state index contributed by atoms with van der Waals surface area (Å²) < 4.78 is 14.8. The van der Waals surface area contributed by atoms with Crippen molar-refractivity contribution in [1.82, 2.24) is 0 Å². The molecule has 1 aromatic heterocycles. The predicted molar refractivity (Wildman–Crippen MR) is 43.0 cm³/mol. The largest absolute Gasteiger partial charge is 0.509 e. The van der Waals surface area contributed by atoms with E-state index in [-0.39, 0.29) is 6.61 Å². The average Bonchev–Trinajstić information content (AvgIpc) is 2.73. The highest BCUT2D eigenvalue weighted by molar-refractivity contribution is 5.63. The minimum atomic E-state index is -0.944. The first-order valence-corrected chi connectivity index (χ1v) is 3.80. The van der Waals surface area contributed by atoms with Gasteiger partial charge in [-0.3, -0.25) is 0 Å². The van der Waals surface area contributed by atoms with E-state index < -0.39 is 11.8 Å². The third-order valence-corrected chi connectivity index (χ3v) is 1.94. The molecule has 0 N–H and O–H groups in total. The van der Waals surface area contributed by atoms with E-state index >= 15 is 0 Å². The Morgan fingerprint density at radius 2 is 2.46 bits per heavy atom. The zero-order valence-electron chi connectivity index (χ0n) is 6.86. The lowest BCUT2D eigenvalue weighted by atomic mass is 10.0. The first-order valence-electron chi connectivity index (χ1n) is 3.80. The van der Waals surface area contributed by atoms with Crippen molar-refractivity contribution in [1.29, 1.82) is 0 Å². The average molecular weight is 180 g/mol. The molecule has 1 aliphatic heterocycles. The summed E-state index contributed by atoms with van der Waals surface area (Å²) in [6.45, 7) is 3.70. The van der Waals surface area contributed by atoms with Gasteiger partial charge >= 0.3 is 6.16 Å². The Bertz CT molecular complexity index is 327. The number of furan rings is 1. The summed E-state index contributed by atoms with van der Waals surface area (Å²) in [7, 11) is 0. The van der Waals surface area contributed by atoms with Crippen molar-refractivity contribution in [3.63, 3.8) is 0 Å². The SMILES string of the molecule is C=CC1(c2ccco2)COC(=O)O1. The van der Waals surface area contributed by atoms with Crippen LogP contribution in [0.3, 0.4) is 0 Å². The highest BCUT2D eigenvalue weighted by Crippen LogP contribution is 2.32. The van der Waals surface area contributed by atoms with Crippen LogP contribution in [0.1, 0.15) is 5.76 Å². The van der Waals surface area contributed by atoms with Gasteiger partial charge in [0.25, 0.3) is 0 Å². The standard InChI is InChI=1S/C9H8O4/c1-2-9(6-12-8(10)13-9)7-4-3-5-11-7/h2-5H,1,6H2. The second-order valence-corrected chi connectivity index (χ2v) is 2.71. The molecule has 0 aromatic carbocycles. The molecule has 4 heteroatoms. The Morgan fingerprint density at radius 3 is 2.92 bits per heavy atom. The van der Waals surface area contributed by atoms with Crippen LogP contribution >= 0.6 is 0 Å². The molecule has 0 spiro atoms. The number of rotatable bonds is 2. The van der Waals surface area contributed by atoms with E-state index in [1.807, 2.05) is 0 Å².